The molecule has 2 aromatic rings. The summed E-state index contributed by atoms with van der Waals surface area (Å²) in [6.45, 7) is 1.84. The highest BCUT2D eigenvalue weighted by Crippen LogP contribution is 2.34. The number of carbonyl (C=O) groups excluding carboxylic acids is 2. The van der Waals surface area contributed by atoms with Crippen LogP contribution in [0.1, 0.15) is 16.6 Å². The van der Waals surface area contributed by atoms with Crippen molar-refractivity contribution in [3.05, 3.63) is 58.5 Å². The number of amides is 2. The Bertz CT molecular complexity index is 734. The topological polar surface area (TPSA) is 58.2 Å². The molecule has 1 heterocycles. The van der Waals surface area contributed by atoms with Crippen LogP contribution in [0.4, 0.5) is 0 Å². The predicted molar refractivity (Wildman–Crippen MR) is 86.4 cm³/mol. The third kappa shape index (κ3) is 3.71. The maximum absolute atomic E-state index is 12.0. The van der Waals surface area contributed by atoms with Gasteiger partial charge in [0.05, 0.1) is 5.02 Å². The van der Waals surface area contributed by atoms with Crippen molar-refractivity contribution in [1.29, 1.82) is 0 Å². The standard InChI is InChI=1S/C15H13ClN2O2S/c1-2-3-4-9-12(19)17-18-15(20)14-13(16)10-7-5-6-8-11(10)21-14/h2-9H,1H3,(H,17,19)(H,18,20). The molecule has 21 heavy (non-hydrogen) atoms. The number of hydrazine groups is 1. The molecule has 0 spiro atoms. The molecule has 0 aliphatic carbocycles. The highest BCUT2D eigenvalue weighted by Gasteiger charge is 2.16. The number of halogens is 1. The molecule has 0 bridgehead atoms. The number of benzene rings is 1. The van der Waals surface area contributed by atoms with Crippen LogP contribution in [0.2, 0.25) is 5.02 Å². The summed E-state index contributed by atoms with van der Waals surface area (Å²) in [7, 11) is 0. The van der Waals surface area contributed by atoms with E-state index in [1.807, 2.05) is 31.2 Å². The van der Waals surface area contributed by atoms with Gasteiger partial charge in [0.15, 0.2) is 0 Å². The highest BCUT2D eigenvalue weighted by molar-refractivity contribution is 7.21. The average Bonchev–Trinajstić information content (AvgIpc) is 2.83. The van der Waals surface area contributed by atoms with E-state index in [0.717, 1.165) is 10.1 Å². The summed E-state index contributed by atoms with van der Waals surface area (Å²) in [4.78, 5) is 23.8. The normalized spacial score (nSPS) is 11.3. The summed E-state index contributed by atoms with van der Waals surface area (Å²) >= 11 is 7.46. The summed E-state index contributed by atoms with van der Waals surface area (Å²) in [6, 6.07) is 7.48. The molecule has 2 rings (SSSR count). The van der Waals surface area contributed by atoms with Gasteiger partial charge in [0.2, 0.25) is 0 Å². The van der Waals surface area contributed by atoms with Crippen molar-refractivity contribution in [1.82, 2.24) is 10.9 Å². The van der Waals surface area contributed by atoms with E-state index >= 15 is 0 Å². The van der Waals surface area contributed by atoms with E-state index < -0.39 is 11.8 Å². The van der Waals surface area contributed by atoms with E-state index in [1.54, 1.807) is 18.2 Å². The van der Waals surface area contributed by atoms with Crippen LogP contribution >= 0.6 is 22.9 Å². The fraction of sp³-hybridized carbons (Fsp3) is 0.0667. The number of allylic oxidation sites excluding steroid dienone is 3. The minimum absolute atomic E-state index is 0.371. The molecule has 2 N–H and O–H groups in total. The molecule has 0 fully saturated rings. The number of hydrogen-bond donors (Lipinski definition) is 2. The van der Waals surface area contributed by atoms with E-state index in [1.165, 1.54) is 17.4 Å². The van der Waals surface area contributed by atoms with Gasteiger partial charge in [-0.15, -0.1) is 11.3 Å². The first-order chi connectivity index (χ1) is 10.1. The number of rotatable bonds is 3. The van der Waals surface area contributed by atoms with Crippen LogP contribution in [0, 0.1) is 0 Å². The minimum atomic E-state index is -0.436. The van der Waals surface area contributed by atoms with Gasteiger partial charge in [-0.2, -0.15) is 0 Å². The number of fused-ring (bicyclic) bond motifs is 1. The molecule has 0 atom stereocenters. The Morgan fingerprint density at radius 2 is 1.95 bits per heavy atom. The molecule has 0 aliphatic heterocycles. The van der Waals surface area contributed by atoms with Crippen molar-refractivity contribution >= 4 is 44.8 Å². The molecular weight excluding hydrogens is 308 g/mol. The lowest BCUT2D eigenvalue weighted by Gasteiger charge is -2.03. The Morgan fingerprint density at radius 3 is 2.67 bits per heavy atom. The summed E-state index contributed by atoms with van der Waals surface area (Å²) in [6.07, 6.45) is 6.39. The Hall–Kier alpha value is -2.11. The van der Waals surface area contributed by atoms with Crippen LogP contribution in [0.5, 0.6) is 0 Å². The van der Waals surface area contributed by atoms with Crippen molar-refractivity contribution in [2.75, 3.05) is 0 Å². The maximum atomic E-state index is 12.0. The molecule has 108 valence electrons. The molecule has 0 saturated carbocycles. The second kappa shape index (κ2) is 7.06. The van der Waals surface area contributed by atoms with Crippen LogP contribution in [0.15, 0.2) is 48.6 Å². The fourth-order valence-electron chi connectivity index (χ4n) is 1.63. The van der Waals surface area contributed by atoms with Gasteiger partial charge >= 0.3 is 0 Å². The SMILES string of the molecule is CC=CC=CC(=O)NNC(=O)c1sc2ccccc2c1Cl. The van der Waals surface area contributed by atoms with E-state index in [4.69, 9.17) is 11.6 Å². The van der Waals surface area contributed by atoms with E-state index in [0.29, 0.717) is 9.90 Å². The first-order valence-corrected chi connectivity index (χ1v) is 7.39. The Morgan fingerprint density at radius 1 is 1.19 bits per heavy atom. The van der Waals surface area contributed by atoms with Gasteiger partial charge in [-0.3, -0.25) is 20.4 Å². The third-order valence-electron chi connectivity index (χ3n) is 2.59. The van der Waals surface area contributed by atoms with Crippen LogP contribution in [0.25, 0.3) is 10.1 Å². The lowest BCUT2D eigenvalue weighted by atomic mass is 10.2. The molecular formula is C15H13ClN2O2S. The Kier molecular flexibility index (Phi) is 5.14. The number of hydrogen-bond acceptors (Lipinski definition) is 3. The van der Waals surface area contributed by atoms with Crippen LogP contribution in [-0.2, 0) is 4.79 Å². The van der Waals surface area contributed by atoms with Gasteiger partial charge in [0.25, 0.3) is 11.8 Å². The number of thiophene rings is 1. The molecule has 0 saturated heterocycles. The van der Waals surface area contributed by atoms with Crippen LogP contribution in [-0.4, -0.2) is 11.8 Å². The van der Waals surface area contributed by atoms with Gasteiger partial charge in [-0.1, -0.05) is 48.0 Å². The summed E-state index contributed by atoms with van der Waals surface area (Å²) in [5, 5.41) is 1.22. The summed E-state index contributed by atoms with van der Waals surface area (Å²) in [5.41, 5.74) is 4.64. The fourth-order valence-corrected chi connectivity index (χ4v) is 3.04. The predicted octanol–water partition coefficient (Wildman–Crippen LogP) is 3.45. The highest BCUT2D eigenvalue weighted by atomic mass is 35.5. The van der Waals surface area contributed by atoms with Gasteiger partial charge < -0.3 is 0 Å². The summed E-state index contributed by atoms with van der Waals surface area (Å²) in [5.74, 6) is -0.854. The Balaban J connectivity index is 2.06. The maximum Gasteiger partial charge on any atom is 0.281 e. The zero-order chi connectivity index (χ0) is 15.2. The Labute approximate surface area is 131 Å². The second-order valence-corrected chi connectivity index (χ2v) is 5.50. The molecule has 6 heteroatoms. The molecule has 0 radical (unpaired) electrons. The van der Waals surface area contributed by atoms with Crippen molar-refractivity contribution in [3.8, 4) is 0 Å². The van der Waals surface area contributed by atoms with Crippen molar-refractivity contribution in [3.63, 3.8) is 0 Å². The number of nitrogens with one attached hydrogen (secondary N) is 2. The molecule has 2 amide bonds. The van der Waals surface area contributed by atoms with Crippen LogP contribution in [0.3, 0.4) is 0 Å². The quantitative estimate of drug-likeness (QED) is 0.517. The van der Waals surface area contributed by atoms with E-state index in [2.05, 4.69) is 10.9 Å². The van der Waals surface area contributed by atoms with Gasteiger partial charge in [-0.25, -0.2) is 0 Å². The lowest BCUT2D eigenvalue weighted by molar-refractivity contribution is -0.117. The van der Waals surface area contributed by atoms with Gasteiger partial charge in [0.1, 0.15) is 4.88 Å². The zero-order valence-corrected chi connectivity index (χ0v) is 12.8. The monoisotopic (exact) mass is 320 g/mol. The zero-order valence-electron chi connectivity index (χ0n) is 11.2. The minimum Gasteiger partial charge on any atom is -0.268 e. The third-order valence-corrected chi connectivity index (χ3v) is 4.27. The van der Waals surface area contributed by atoms with Crippen molar-refractivity contribution in [2.45, 2.75) is 6.92 Å². The first-order valence-electron chi connectivity index (χ1n) is 6.20. The second-order valence-electron chi connectivity index (χ2n) is 4.07. The lowest BCUT2D eigenvalue weighted by Crippen LogP contribution is -2.40. The largest absolute Gasteiger partial charge is 0.281 e. The molecule has 0 aliphatic rings. The number of carbonyl (C=O) groups is 2. The molecule has 0 unspecified atom stereocenters. The molecule has 4 nitrogen and oxygen atoms in total. The van der Waals surface area contributed by atoms with Crippen LogP contribution < -0.4 is 10.9 Å². The smallest absolute Gasteiger partial charge is 0.268 e. The summed E-state index contributed by atoms with van der Waals surface area (Å²) < 4.78 is 0.923. The van der Waals surface area contributed by atoms with E-state index in [-0.39, 0.29) is 0 Å². The average molecular weight is 321 g/mol. The van der Waals surface area contributed by atoms with Gasteiger partial charge in [-0.05, 0) is 13.0 Å². The first kappa shape index (κ1) is 15.3. The van der Waals surface area contributed by atoms with Gasteiger partial charge in [0, 0.05) is 16.2 Å². The molecule has 1 aromatic carbocycles. The van der Waals surface area contributed by atoms with Crippen molar-refractivity contribution in [2.24, 2.45) is 0 Å². The molecule has 1 aromatic heterocycles. The van der Waals surface area contributed by atoms with E-state index in [9.17, 15) is 9.59 Å². The van der Waals surface area contributed by atoms with Crippen molar-refractivity contribution < 1.29 is 9.59 Å².